The number of hydrogen-bond acceptors (Lipinski definition) is 3. The molecule has 0 aromatic heterocycles. The summed E-state index contributed by atoms with van der Waals surface area (Å²) in [5, 5.41) is 5.64. The minimum atomic E-state index is -0.182. The topological polar surface area (TPSA) is 67.4 Å². The molecule has 0 unspecified atom stereocenters. The molecule has 0 saturated heterocycles. The van der Waals surface area contributed by atoms with Crippen molar-refractivity contribution in [2.45, 2.75) is 31.7 Å². The molecule has 2 amide bonds. The molecule has 5 nitrogen and oxygen atoms in total. The van der Waals surface area contributed by atoms with E-state index in [-0.39, 0.29) is 24.5 Å². The molecule has 0 atom stereocenters. The molecule has 26 heavy (non-hydrogen) atoms. The van der Waals surface area contributed by atoms with Crippen molar-refractivity contribution in [3.05, 3.63) is 65.2 Å². The first-order valence-corrected chi connectivity index (χ1v) is 8.97. The van der Waals surface area contributed by atoms with Crippen LogP contribution in [0.2, 0.25) is 0 Å². The van der Waals surface area contributed by atoms with E-state index in [1.54, 1.807) is 31.3 Å². The Morgan fingerprint density at radius 2 is 1.73 bits per heavy atom. The lowest BCUT2D eigenvalue weighted by Crippen LogP contribution is -2.38. The van der Waals surface area contributed by atoms with Crippen LogP contribution in [0.3, 0.4) is 0 Å². The van der Waals surface area contributed by atoms with Gasteiger partial charge in [0.2, 0.25) is 0 Å². The fraction of sp³-hybridized carbons (Fsp3) is 0.333. The van der Waals surface area contributed by atoms with E-state index in [1.165, 1.54) is 11.1 Å². The maximum Gasteiger partial charge on any atom is 0.258 e. The van der Waals surface area contributed by atoms with E-state index in [0.717, 1.165) is 25.7 Å². The Labute approximate surface area is 153 Å². The van der Waals surface area contributed by atoms with E-state index in [9.17, 15) is 9.59 Å². The molecule has 3 rings (SSSR count). The zero-order valence-electron chi connectivity index (χ0n) is 15.0. The van der Waals surface area contributed by atoms with Crippen LogP contribution in [0, 0.1) is 0 Å². The summed E-state index contributed by atoms with van der Waals surface area (Å²) >= 11 is 0. The molecule has 0 spiro atoms. The number of hydrogen-bond donors (Lipinski definition) is 2. The van der Waals surface area contributed by atoms with E-state index in [0.29, 0.717) is 11.3 Å². The number of rotatable bonds is 5. The number of fused-ring (bicyclic) bond motifs is 1. The second-order valence-electron chi connectivity index (χ2n) is 6.51. The first kappa shape index (κ1) is 18.0. The quantitative estimate of drug-likeness (QED) is 0.813. The molecule has 0 aliphatic heterocycles. The van der Waals surface area contributed by atoms with E-state index in [4.69, 9.17) is 4.74 Å². The first-order valence-electron chi connectivity index (χ1n) is 8.97. The number of benzene rings is 2. The summed E-state index contributed by atoms with van der Waals surface area (Å²) in [7, 11) is 1.58. The van der Waals surface area contributed by atoms with Crippen LogP contribution in [0.5, 0.6) is 5.75 Å². The van der Waals surface area contributed by atoms with Gasteiger partial charge in [0.1, 0.15) is 5.75 Å². The Morgan fingerprint density at radius 3 is 2.38 bits per heavy atom. The molecule has 5 heteroatoms. The number of nitrogens with one attached hydrogen (secondary N) is 2. The van der Waals surface area contributed by atoms with Crippen molar-refractivity contribution in [1.29, 1.82) is 0 Å². The van der Waals surface area contributed by atoms with Gasteiger partial charge in [-0.2, -0.15) is 0 Å². The van der Waals surface area contributed by atoms with Crippen molar-refractivity contribution in [2.75, 3.05) is 13.7 Å². The molecule has 0 fully saturated rings. The molecule has 2 aromatic rings. The van der Waals surface area contributed by atoms with Gasteiger partial charge in [-0.1, -0.05) is 30.3 Å². The molecule has 1 aliphatic rings. The Hall–Kier alpha value is -2.82. The van der Waals surface area contributed by atoms with Crippen LogP contribution in [0.25, 0.3) is 0 Å². The summed E-state index contributed by atoms with van der Waals surface area (Å²) in [4.78, 5) is 23.9. The highest BCUT2D eigenvalue weighted by Gasteiger charge is 2.18. The Bertz CT molecular complexity index is 761. The Balaban J connectivity index is 1.50. The molecular formula is C21H24N2O3. The van der Waals surface area contributed by atoms with Crippen LogP contribution in [0.4, 0.5) is 0 Å². The minimum absolute atomic E-state index is 0.0549. The third kappa shape index (κ3) is 4.63. The first-order chi connectivity index (χ1) is 12.7. The SMILES string of the molecule is CNC(=O)c1cccc(OCC(=O)NC2CCc3ccccc3CC2)c1. The summed E-state index contributed by atoms with van der Waals surface area (Å²) in [6, 6.07) is 15.4. The van der Waals surface area contributed by atoms with Gasteiger partial charge in [-0.05, 0) is 55.0 Å². The van der Waals surface area contributed by atoms with Gasteiger partial charge in [0, 0.05) is 18.7 Å². The van der Waals surface area contributed by atoms with E-state index in [2.05, 4.69) is 34.9 Å². The monoisotopic (exact) mass is 352 g/mol. The summed E-state index contributed by atoms with van der Waals surface area (Å²) in [5.41, 5.74) is 3.27. The maximum atomic E-state index is 12.2. The summed E-state index contributed by atoms with van der Waals surface area (Å²) < 4.78 is 5.55. The van der Waals surface area contributed by atoms with E-state index < -0.39 is 0 Å². The molecule has 0 radical (unpaired) electrons. The lowest BCUT2D eigenvalue weighted by atomic mass is 10.0. The van der Waals surface area contributed by atoms with Crippen LogP contribution in [-0.2, 0) is 17.6 Å². The van der Waals surface area contributed by atoms with Crippen molar-refractivity contribution < 1.29 is 14.3 Å². The van der Waals surface area contributed by atoms with Gasteiger partial charge in [0.15, 0.2) is 6.61 Å². The van der Waals surface area contributed by atoms with Gasteiger partial charge >= 0.3 is 0 Å². The second-order valence-corrected chi connectivity index (χ2v) is 6.51. The van der Waals surface area contributed by atoms with Crippen molar-refractivity contribution in [3.63, 3.8) is 0 Å². The van der Waals surface area contributed by atoms with Crippen LogP contribution >= 0.6 is 0 Å². The van der Waals surface area contributed by atoms with E-state index in [1.807, 2.05) is 0 Å². The average molecular weight is 352 g/mol. The largest absolute Gasteiger partial charge is 0.484 e. The Morgan fingerprint density at radius 1 is 1.04 bits per heavy atom. The van der Waals surface area contributed by atoms with Gasteiger partial charge in [-0.25, -0.2) is 0 Å². The normalized spacial score (nSPS) is 14.0. The highest BCUT2D eigenvalue weighted by Crippen LogP contribution is 2.20. The van der Waals surface area contributed by atoms with Crippen molar-refractivity contribution in [3.8, 4) is 5.75 Å². The number of amides is 2. The summed E-state index contributed by atoms with van der Waals surface area (Å²) in [6.45, 7) is -0.0549. The van der Waals surface area contributed by atoms with Crippen LogP contribution in [0.15, 0.2) is 48.5 Å². The van der Waals surface area contributed by atoms with Gasteiger partial charge in [-0.3, -0.25) is 9.59 Å². The van der Waals surface area contributed by atoms with Crippen LogP contribution in [0.1, 0.15) is 34.3 Å². The van der Waals surface area contributed by atoms with Crippen molar-refractivity contribution >= 4 is 11.8 Å². The lowest BCUT2D eigenvalue weighted by molar-refractivity contribution is -0.123. The Kier molecular flexibility index (Phi) is 5.89. The van der Waals surface area contributed by atoms with Gasteiger partial charge in [0.25, 0.3) is 11.8 Å². The molecule has 0 bridgehead atoms. The third-order valence-corrected chi connectivity index (χ3v) is 4.70. The van der Waals surface area contributed by atoms with Crippen molar-refractivity contribution in [1.82, 2.24) is 10.6 Å². The van der Waals surface area contributed by atoms with Crippen LogP contribution in [-0.4, -0.2) is 31.5 Å². The minimum Gasteiger partial charge on any atom is -0.484 e. The predicted octanol–water partition coefficient (Wildman–Crippen LogP) is 2.49. The van der Waals surface area contributed by atoms with Gasteiger partial charge < -0.3 is 15.4 Å². The zero-order valence-corrected chi connectivity index (χ0v) is 15.0. The number of aryl methyl sites for hydroxylation is 2. The maximum absolute atomic E-state index is 12.2. The molecule has 2 aromatic carbocycles. The number of ether oxygens (including phenoxy) is 1. The van der Waals surface area contributed by atoms with Crippen molar-refractivity contribution in [2.24, 2.45) is 0 Å². The van der Waals surface area contributed by atoms with Crippen LogP contribution < -0.4 is 15.4 Å². The molecule has 136 valence electrons. The molecule has 0 saturated carbocycles. The average Bonchev–Trinajstić information content (AvgIpc) is 2.88. The standard InChI is InChI=1S/C21H24N2O3/c1-22-21(25)17-7-4-8-19(13-17)26-14-20(24)23-18-11-9-15-5-2-3-6-16(15)10-12-18/h2-8,13,18H,9-12,14H2,1H3,(H,22,25)(H,23,24). The summed E-state index contributed by atoms with van der Waals surface area (Å²) in [6.07, 6.45) is 3.84. The third-order valence-electron chi connectivity index (χ3n) is 4.70. The molecule has 2 N–H and O–H groups in total. The molecule has 1 aliphatic carbocycles. The number of carbonyl (C=O) groups excluding carboxylic acids is 2. The predicted molar refractivity (Wildman–Crippen MR) is 100 cm³/mol. The second kappa shape index (κ2) is 8.52. The fourth-order valence-corrected chi connectivity index (χ4v) is 3.28. The molecular weight excluding hydrogens is 328 g/mol. The molecule has 0 heterocycles. The summed E-state index contributed by atoms with van der Waals surface area (Å²) in [5.74, 6) is 0.193. The highest BCUT2D eigenvalue weighted by atomic mass is 16.5. The smallest absolute Gasteiger partial charge is 0.258 e. The zero-order chi connectivity index (χ0) is 18.4. The highest BCUT2D eigenvalue weighted by molar-refractivity contribution is 5.94. The van der Waals surface area contributed by atoms with Gasteiger partial charge in [-0.15, -0.1) is 0 Å². The fourth-order valence-electron chi connectivity index (χ4n) is 3.28. The number of carbonyl (C=O) groups is 2. The van der Waals surface area contributed by atoms with E-state index >= 15 is 0 Å². The van der Waals surface area contributed by atoms with Gasteiger partial charge in [0.05, 0.1) is 0 Å². The lowest BCUT2D eigenvalue weighted by Gasteiger charge is -2.16.